The van der Waals surface area contributed by atoms with E-state index in [2.05, 4.69) is 65.3 Å². The van der Waals surface area contributed by atoms with Crippen molar-refractivity contribution in [1.82, 2.24) is 14.7 Å². The van der Waals surface area contributed by atoms with Crippen LogP contribution in [0, 0.1) is 6.92 Å². The number of aromatic nitrogens is 2. The second kappa shape index (κ2) is 7.26. The van der Waals surface area contributed by atoms with Gasteiger partial charge in [-0.2, -0.15) is 5.10 Å². The molecular formula is C19H29N5. The number of piperazine rings is 1. The van der Waals surface area contributed by atoms with Crippen molar-refractivity contribution in [2.75, 3.05) is 36.4 Å². The van der Waals surface area contributed by atoms with Gasteiger partial charge in [-0.15, -0.1) is 0 Å². The van der Waals surface area contributed by atoms with E-state index >= 15 is 0 Å². The molecule has 1 aromatic carbocycles. The van der Waals surface area contributed by atoms with Gasteiger partial charge in [0, 0.05) is 56.8 Å². The molecule has 0 unspecified atom stereocenters. The van der Waals surface area contributed by atoms with Gasteiger partial charge < -0.3 is 10.2 Å². The van der Waals surface area contributed by atoms with Crippen LogP contribution in [-0.2, 0) is 13.6 Å². The third-order valence-corrected chi connectivity index (χ3v) is 4.87. The Hall–Kier alpha value is -2.01. The normalized spacial score (nSPS) is 16.0. The van der Waals surface area contributed by atoms with Gasteiger partial charge in [0.15, 0.2) is 0 Å². The molecule has 0 bridgehead atoms. The summed E-state index contributed by atoms with van der Waals surface area (Å²) < 4.78 is 1.91. The molecule has 0 aliphatic carbocycles. The van der Waals surface area contributed by atoms with Crippen LogP contribution in [0.15, 0.2) is 30.5 Å². The zero-order valence-corrected chi connectivity index (χ0v) is 15.3. The first kappa shape index (κ1) is 16.8. The van der Waals surface area contributed by atoms with E-state index in [9.17, 15) is 0 Å². The Morgan fingerprint density at radius 2 is 1.88 bits per heavy atom. The van der Waals surface area contributed by atoms with Crippen LogP contribution in [-0.4, -0.2) is 46.9 Å². The third kappa shape index (κ3) is 3.90. The van der Waals surface area contributed by atoms with Crippen molar-refractivity contribution < 1.29 is 0 Å². The molecule has 1 saturated heterocycles. The summed E-state index contributed by atoms with van der Waals surface area (Å²) in [7, 11) is 1.98. The first-order valence-electron chi connectivity index (χ1n) is 8.84. The summed E-state index contributed by atoms with van der Waals surface area (Å²) in [5, 5.41) is 7.76. The molecule has 1 aliphatic heterocycles. The summed E-state index contributed by atoms with van der Waals surface area (Å²) in [5.74, 6) is 0. The van der Waals surface area contributed by atoms with Gasteiger partial charge in [0.1, 0.15) is 0 Å². The Bertz CT molecular complexity index is 668. The maximum Gasteiger partial charge on any atom is 0.0571 e. The number of nitrogens with zero attached hydrogens (tertiary/aromatic N) is 4. The van der Waals surface area contributed by atoms with E-state index in [1.807, 2.05) is 17.9 Å². The van der Waals surface area contributed by atoms with Crippen LogP contribution < -0.4 is 10.2 Å². The molecule has 0 amide bonds. The van der Waals surface area contributed by atoms with Crippen LogP contribution in [0.4, 0.5) is 11.4 Å². The zero-order valence-electron chi connectivity index (χ0n) is 15.3. The average molecular weight is 327 g/mol. The van der Waals surface area contributed by atoms with Crippen LogP contribution in [0.5, 0.6) is 0 Å². The zero-order chi connectivity index (χ0) is 17.1. The number of aryl methyl sites for hydroxylation is 2. The van der Waals surface area contributed by atoms with E-state index in [1.54, 1.807) is 0 Å². The summed E-state index contributed by atoms with van der Waals surface area (Å²) >= 11 is 0. The summed E-state index contributed by atoms with van der Waals surface area (Å²) in [6.07, 6.45) is 1.84. The van der Waals surface area contributed by atoms with Gasteiger partial charge in [0.2, 0.25) is 0 Å². The second-order valence-corrected chi connectivity index (χ2v) is 6.97. The van der Waals surface area contributed by atoms with Crippen molar-refractivity contribution in [1.29, 1.82) is 0 Å². The van der Waals surface area contributed by atoms with Gasteiger partial charge >= 0.3 is 0 Å². The van der Waals surface area contributed by atoms with Gasteiger partial charge in [0.25, 0.3) is 0 Å². The molecule has 5 heteroatoms. The van der Waals surface area contributed by atoms with Crippen LogP contribution >= 0.6 is 0 Å². The van der Waals surface area contributed by atoms with Crippen LogP contribution in [0.25, 0.3) is 0 Å². The number of hydrogen-bond donors (Lipinski definition) is 1. The highest BCUT2D eigenvalue weighted by Gasteiger charge is 2.19. The van der Waals surface area contributed by atoms with Gasteiger partial charge in [-0.25, -0.2) is 0 Å². The Labute approximate surface area is 145 Å². The highest BCUT2D eigenvalue weighted by molar-refractivity contribution is 5.60. The van der Waals surface area contributed by atoms with E-state index in [1.165, 1.54) is 22.6 Å². The van der Waals surface area contributed by atoms with E-state index in [-0.39, 0.29) is 0 Å². The maximum atomic E-state index is 4.22. The van der Waals surface area contributed by atoms with Gasteiger partial charge in [-0.1, -0.05) is 0 Å². The molecule has 1 N–H and O–H groups in total. The number of rotatable bonds is 5. The fraction of sp³-hybridized carbons (Fsp3) is 0.526. The molecule has 1 fully saturated rings. The van der Waals surface area contributed by atoms with Crippen LogP contribution in [0.1, 0.15) is 25.1 Å². The van der Waals surface area contributed by atoms with Crippen molar-refractivity contribution in [2.24, 2.45) is 7.05 Å². The highest BCUT2D eigenvalue weighted by Crippen LogP contribution is 2.24. The number of benzene rings is 1. The first-order valence-corrected chi connectivity index (χ1v) is 8.84. The molecule has 5 nitrogen and oxygen atoms in total. The average Bonchev–Trinajstić information content (AvgIpc) is 2.97. The topological polar surface area (TPSA) is 36.3 Å². The molecule has 1 aliphatic rings. The molecule has 2 heterocycles. The predicted octanol–water partition coefficient (Wildman–Crippen LogP) is 2.87. The van der Waals surface area contributed by atoms with Gasteiger partial charge in [0.05, 0.1) is 12.2 Å². The minimum absolute atomic E-state index is 0.640. The van der Waals surface area contributed by atoms with Gasteiger partial charge in [-0.05, 0) is 50.6 Å². The van der Waals surface area contributed by atoms with E-state index in [0.29, 0.717) is 6.04 Å². The number of anilines is 2. The SMILES string of the molecule is Cc1cc(NCc2ccnn2C)cc(N2CCN(C(C)C)CC2)c1. The Morgan fingerprint density at radius 3 is 2.50 bits per heavy atom. The summed E-state index contributed by atoms with van der Waals surface area (Å²) in [6.45, 7) is 12.0. The first-order chi connectivity index (χ1) is 11.5. The quantitative estimate of drug-likeness (QED) is 0.916. The van der Waals surface area contributed by atoms with Crippen LogP contribution in [0.2, 0.25) is 0 Å². The molecule has 0 atom stereocenters. The summed E-state index contributed by atoms with van der Waals surface area (Å²) in [6, 6.07) is 9.47. The van der Waals surface area contributed by atoms with E-state index in [4.69, 9.17) is 0 Å². The largest absolute Gasteiger partial charge is 0.379 e. The number of hydrogen-bond acceptors (Lipinski definition) is 4. The molecule has 2 aromatic rings. The lowest BCUT2D eigenvalue weighted by Crippen LogP contribution is -2.48. The fourth-order valence-electron chi connectivity index (χ4n) is 3.31. The monoisotopic (exact) mass is 327 g/mol. The Morgan fingerprint density at radius 1 is 1.12 bits per heavy atom. The highest BCUT2D eigenvalue weighted by atomic mass is 15.3. The lowest BCUT2D eigenvalue weighted by molar-refractivity contribution is 0.209. The van der Waals surface area contributed by atoms with Crippen molar-refractivity contribution in [3.8, 4) is 0 Å². The van der Waals surface area contributed by atoms with Crippen molar-refractivity contribution in [2.45, 2.75) is 33.4 Å². The molecular weight excluding hydrogens is 298 g/mol. The lowest BCUT2D eigenvalue weighted by Gasteiger charge is -2.38. The second-order valence-electron chi connectivity index (χ2n) is 6.97. The minimum Gasteiger partial charge on any atom is -0.379 e. The minimum atomic E-state index is 0.640. The smallest absolute Gasteiger partial charge is 0.0571 e. The Balaban J connectivity index is 1.67. The Kier molecular flexibility index (Phi) is 5.09. The maximum absolute atomic E-state index is 4.22. The fourth-order valence-corrected chi connectivity index (χ4v) is 3.31. The van der Waals surface area contributed by atoms with E-state index in [0.717, 1.165) is 32.7 Å². The molecule has 0 saturated carbocycles. The molecule has 130 valence electrons. The number of nitrogens with one attached hydrogen (secondary N) is 1. The molecule has 24 heavy (non-hydrogen) atoms. The molecule has 0 spiro atoms. The van der Waals surface area contributed by atoms with Crippen molar-refractivity contribution >= 4 is 11.4 Å². The van der Waals surface area contributed by atoms with Crippen molar-refractivity contribution in [3.05, 3.63) is 41.7 Å². The molecule has 3 rings (SSSR count). The standard InChI is InChI=1S/C19H29N5/c1-15(2)23-7-9-24(10-8-23)19-12-16(3)11-17(13-19)20-14-18-5-6-21-22(18)4/h5-6,11-13,15,20H,7-10,14H2,1-4H3. The lowest BCUT2D eigenvalue weighted by atomic mass is 10.1. The molecule has 0 radical (unpaired) electrons. The van der Waals surface area contributed by atoms with Gasteiger partial charge in [-0.3, -0.25) is 9.58 Å². The van der Waals surface area contributed by atoms with E-state index < -0.39 is 0 Å². The van der Waals surface area contributed by atoms with Crippen LogP contribution in [0.3, 0.4) is 0 Å². The predicted molar refractivity (Wildman–Crippen MR) is 101 cm³/mol. The third-order valence-electron chi connectivity index (χ3n) is 4.87. The summed E-state index contributed by atoms with van der Waals surface area (Å²) in [4.78, 5) is 5.05. The summed E-state index contributed by atoms with van der Waals surface area (Å²) in [5.41, 5.74) is 4.98. The molecule has 1 aromatic heterocycles. The van der Waals surface area contributed by atoms with Crippen molar-refractivity contribution in [3.63, 3.8) is 0 Å².